The van der Waals surface area contributed by atoms with Crippen molar-refractivity contribution in [3.8, 4) is 0 Å². The first-order valence-corrected chi connectivity index (χ1v) is 8.63. The van der Waals surface area contributed by atoms with Crippen molar-refractivity contribution in [2.45, 2.75) is 13.8 Å². The van der Waals surface area contributed by atoms with Gasteiger partial charge in [-0.2, -0.15) is 0 Å². The quantitative estimate of drug-likeness (QED) is 0.640. The number of para-hydroxylation sites is 2. The van der Waals surface area contributed by atoms with E-state index in [0.29, 0.717) is 0 Å². The van der Waals surface area contributed by atoms with Crippen LogP contribution in [-0.2, 0) is 0 Å². The highest BCUT2D eigenvalue weighted by Crippen LogP contribution is 2.30. The lowest BCUT2D eigenvalue weighted by atomic mass is 10.2. The molecule has 1 aliphatic rings. The second-order valence-electron chi connectivity index (χ2n) is 6.45. The zero-order valence-corrected chi connectivity index (χ0v) is 15.7. The van der Waals surface area contributed by atoms with Crippen LogP contribution in [0.2, 0.25) is 0 Å². The van der Waals surface area contributed by atoms with Crippen LogP contribution < -0.4 is 9.80 Å². The van der Waals surface area contributed by atoms with Crippen LogP contribution in [0.1, 0.15) is 12.5 Å². The fourth-order valence-corrected chi connectivity index (χ4v) is 2.85. The molecule has 0 saturated heterocycles. The molecule has 0 aliphatic carbocycles. The minimum absolute atomic E-state index is 0.927. The van der Waals surface area contributed by atoms with E-state index in [2.05, 4.69) is 59.1 Å². The van der Waals surface area contributed by atoms with Gasteiger partial charge in [-0.05, 0) is 55.3 Å². The molecule has 0 bridgehead atoms. The summed E-state index contributed by atoms with van der Waals surface area (Å²) in [6.07, 6.45) is 9.73. The van der Waals surface area contributed by atoms with Crippen molar-refractivity contribution in [3.63, 3.8) is 0 Å². The molecule has 0 fully saturated rings. The Kier molecular flexibility index (Phi) is 5.32. The van der Waals surface area contributed by atoms with Gasteiger partial charge in [0.15, 0.2) is 0 Å². The summed E-state index contributed by atoms with van der Waals surface area (Å²) in [5.41, 5.74) is 6.24. The highest BCUT2D eigenvalue weighted by Gasteiger charge is 2.07. The van der Waals surface area contributed by atoms with E-state index in [0.717, 1.165) is 28.3 Å². The minimum Gasteiger partial charge on any atom is -0.349 e. The largest absolute Gasteiger partial charge is 0.349 e. The molecule has 132 valence electrons. The lowest BCUT2D eigenvalue weighted by Gasteiger charge is -2.18. The number of rotatable bonds is 0. The van der Waals surface area contributed by atoms with E-state index in [1.54, 1.807) is 0 Å². The number of fused-ring (bicyclic) bond motifs is 2. The van der Waals surface area contributed by atoms with E-state index in [1.165, 1.54) is 5.56 Å². The maximum absolute atomic E-state index is 4.71. The molecule has 4 heteroatoms. The minimum atomic E-state index is 0.927. The topological polar surface area (TPSA) is 31.2 Å². The van der Waals surface area contributed by atoms with Gasteiger partial charge in [-0.1, -0.05) is 18.2 Å². The highest BCUT2D eigenvalue weighted by molar-refractivity contribution is 5.85. The molecule has 2 aromatic carbocycles. The van der Waals surface area contributed by atoms with E-state index >= 15 is 0 Å². The second-order valence-corrected chi connectivity index (χ2v) is 6.45. The lowest BCUT2D eigenvalue weighted by Crippen LogP contribution is -2.10. The molecule has 26 heavy (non-hydrogen) atoms. The van der Waals surface area contributed by atoms with Crippen molar-refractivity contribution >= 4 is 35.2 Å². The van der Waals surface area contributed by atoms with Gasteiger partial charge in [0, 0.05) is 38.9 Å². The van der Waals surface area contributed by atoms with Gasteiger partial charge < -0.3 is 9.80 Å². The molecule has 3 rings (SSSR count). The molecule has 2 aromatic rings. The molecular formula is C22H24N4. The van der Waals surface area contributed by atoms with Crippen LogP contribution >= 0.6 is 0 Å². The number of hydrogen-bond donors (Lipinski definition) is 0. The zero-order valence-electron chi connectivity index (χ0n) is 15.7. The number of anilines is 2. The Bertz CT molecular complexity index is 906. The molecule has 0 amide bonds. The molecule has 1 aliphatic heterocycles. The van der Waals surface area contributed by atoms with Crippen LogP contribution in [0.25, 0.3) is 0 Å². The normalized spacial score (nSPS) is 17.8. The van der Waals surface area contributed by atoms with Crippen LogP contribution in [0, 0.1) is 6.92 Å². The fourth-order valence-electron chi connectivity index (χ4n) is 2.85. The third-order valence-electron chi connectivity index (χ3n) is 4.19. The third kappa shape index (κ3) is 4.09. The summed E-state index contributed by atoms with van der Waals surface area (Å²) in [6.45, 7) is 4.14. The predicted molar refractivity (Wildman–Crippen MR) is 114 cm³/mol. The first-order chi connectivity index (χ1) is 12.5. The van der Waals surface area contributed by atoms with E-state index in [1.807, 2.05) is 57.0 Å². The monoisotopic (exact) mass is 344 g/mol. The van der Waals surface area contributed by atoms with E-state index < -0.39 is 0 Å². The van der Waals surface area contributed by atoms with Crippen molar-refractivity contribution in [3.05, 3.63) is 72.1 Å². The summed E-state index contributed by atoms with van der Waals surface area (Å²) in [6, 6.07) is 14.4. The summed E-state index contributed by atoms with van der Waals surface area (Å²) < 4.78 is 0. The fraction of sp³-hybridized carbons (Fsp3) is 0.182. The summed E-state index contributed by atoms with van der Waals surface area (Å²) in [5.74, 6) is 0. The van der Waals surface area contributed by atoms with Gasteiger partial charge in [0.05, 0.1) is 22.7 Å². The summed E-state index contributed by atoms with van der Waals surface area (Å²) in [4.78, 5) is 13.5. The predicted octanol–water partition coefficient (Wildman–Crippen LogP) is 5.40. The Hall–Kier alpha value is -3.14. The summed E-state index contributed by atoms with van der Waals surface area (Å²) >= 11 is 0. The number of nitrogens with zero attached hydrogens (tertiary/aromatic N) is 4. The molecule has 4 nitrogen and oxygen atoms in total. The van der Waals surface area contributed by atoms with Gasteiger partial charge in [0.2, 0.25) is 0 Å². The van der Waals surface area contributed by atoms with Gasteiger partial charge in [-0.3, -0.25) is 9.98 Å². The van der Waals surface area contributed by atoms with E-state index in [-0.39, 0.29) is 0 Å². The molecule has 0 radical (unpaired) electrons. The Morgan fingerprint density at radius 2 is 1.58 bits per heavy atom. The van der Waals surface area contributed by atoms with Gasteiger partial charge in [0.25, 0.3) is 0 Å². The van der Waals surface area contributed by atoms with Crippen LogP contribution in [-0.4, -0.2) is 26.5 Å². The Labute approximate surface area is 155 Å². The maximum atomic E-state index is 4.71. The van der Waals surface area contributed by atoms with Crippen LogP contribution in [0.3, 0.4) is 0 Å². The van der Waals surface area contributed by atoms with Crippen LogP contribution in [0.4, 0.5) is 22.7 Å². The smallest absolute Gasteiger partial charge is 0.0866 e. The number of aliphatic imine (C=N–C) groups is 2. The SMILES string of the molecule is C/C1=C/N(C)c2ccccc2N=C/C=C\N(C)c2cc(C)ccc2N=C1. The molecule has 0 unspecified atom stereocenters. The first-order valence-electron chi connectivity index (χ1n) is 8.63. The Morgan fingerprint density at radius 3 is 2.42 bits per heavy atom. The third-order valence-corrected chi connectivity index (χ3v) is 4.19. The van der Waals surface area contributed by atoms with Gasteiger partial charge >= 0.3 is 0 Å². The van der Waals surface area contributed by atoms with Crippen molar-refractivity contribution in [1.82, 2.24) is 0 Å². The molecule has 0 saturated carbocycles. The number of aryl methyl sites for hydroxylation is 1. The average molecular weight is 344 g/mol. The Morgan fingerprint density at radius 1 is 0.808 bits per heavy atom. The van der Waals surface area contributed by atoms with Gasteiger partial charge in [-0.25, -0.2) is 0 Å². The summed E-state index contributed by atoms with van der Waals surface area (Å²) in [5, 5.41) is 0. The molecule has 1 heterocycles. The lowest BCUT2D eigenvalue weighted by molar-refractivity contribution is 1.18. The van der Waals surface area contributed by atoms with Crippen molar-refractivity contribution in [1.29, 1.82) is 0 Å². The number of hydrogen-bond acceptors (Lipinski definition) is 4. The maximum Gasteiger partial charge on any atom is 0.0866 e. The van der Waals surface area contributed by atoms with Crippen LogP contribution in [0.5, 0.6) is 0 Å². The second kappa shape index (κ2) is 7.83. The van der Waals surface area contributed by atoms with Crippen LogP contribution in [0.15, 0.2) is 76.5 Å². The summed E-state index contributed by atoms with van der Waals surface area (Å²) in [7, 11) is 4.05. The van der Waals surface area contributed by atoms with Crippen molar-refractivity contribution in [2.24, 2.45) is 9.98 Å². The number of benzene rings is 2. The number of allylic oxidation sites excluding steroid dienone is 2. The van der Waals surface area contributed by atoms with Gasteiger partial charge in [0.1, 0.15) is 0 Å². The van der Waals surface area contributed by atoms with Crippen molar-refractivity contribution in [2.75, 3.05) is 23.9 Å². The standard InChI is InChI=1S/C22H24N4/c1-17-10-11-20-22(14-17)25(3)13-7-12-23-19-8-5-6-9-21(19)26(4)16-18(2)15-24-20/h5-16H,1-4H3/b13-7-,18-16-,23-12?,24-15?. The average Bonchev–Trinajstić information content (AvgIpc) is 2.63. The molecule has 0 spiro atoms. The molecular weight excluding hydrogens is 320 g/mol. The van der Waals surface area contributed by atoms with Gasteiger partial charge in [-0.15, -0.1) is 0 Å². The van der Waals surface area contributed by atoms with E-state index in [9.17, 15) is 0 Å². The molecule has 0 aromatic heterocycles. The molecule has 0 atom stereocenters. The molecule has 0 N–H and O–H groups in total. The van der Waals surface area contributed by atoms with Crippen molar-refractivity contribution < 1.29 is 0 Å². The highest BCUT2D eigenvalue weighted by atomic mass is 15.1. The zero-order chi connectivity index (χ0) is 18.5. The Balaban J connectivity index is 2.09. The van der Waals surface area contributed by atoms with E-state index in [4.69, 9.17) is 4.99 Å². The first kappa shape index (κ1) is 17.7.